The van der Waals surface area contributed by atoms with Crippen LogP contribution in [0.25, 0.3) is 0 Å². The Hall–Kier alpha value is -2.49. The minimum absolute atomic E-state index is 0.143. The summed E-state index contributed by atoms with van der Waals surface area (Å²) in [5.74, 6) is -0.173. The van der Waals surface area contributed by atoms with E-state index in [4.69, 9.17) is 4.74 Å². The molecule has 2 aromatic rings. The molecule has 2 N–H and O–H groups in total. The molecule has 0 heterocycles. The van der Waals surface area contributed by atoms with Gasteiger partial charge in [-0.2, -0.15) is 0 Å². The molecule has 0 spiro atoms. The lowest BCUT2D eigenvalue weighted by molar-refractivity contribution is -0.151. The second-order valence-electron chi connectivity index (χ2n) is 5.72. The number of ether oxygens (including phenoxy) is 1. The van der Waals surface area contributed by atoms with Crippen LogP contribution in [-0.2, 0) is 9.53 Å². The van der Waals surface area contributed by atoms with E-state index in [-0.39, 0.29) is 17.8 Å². The van der Waals surface area contributed by atoms with Gasteiger partial charge in [-0.05, 0) is 31.5 Å². The van der Waals surface area contributed by atoms with Gasteiger partial charge in [0.25, 0.3) is 0 Å². The molecule has 0 aliphatic rings. The first-order valence-electron chi connectivity index (χ1n) is 7.14. The molecule has 1 atom stereocenters. The molecule has 0 saturated carbocycles. The van der Waals surface area contributed by atoms with Crippen molar-refractivity contribution in [2.45, 2.75) is 19.9 Å². The van der Waals surface area contributed by atoms with Crippen LogP contribution in [-0.4, -0.2) is 18.2 Å². The highest BCUT2D eigenvalue weighted by Gasteiger charge is 2.39. The van der Waals surface area contributed by atoms with E-state index >= 15 is 0 Å². The Morgan fingerprint density at radius 3 is 2.27 bits per heavy atom. The number of para-hydroxylation sites is 2. The van der Waals surface area contributed by atoms with E-state index in [1.54, 1.807) is 18.2 Å². The van der Waals surface area contributed by atoms with E-state index in [0.29, 0.717) is 5.69 Å². The Morgan fingerprint density at radius 2 is 1.68 bits per heavy atom. The Bertz CT molecular complexity index is 638. The van der Waals surface area contributed by atoms with E-state index in [2.05, 4.69) is 5.32 Å². The maximum Gasteiger partial charge on any atom is 0.313 e. The number of carbonyl (C=O) groups is 1. The average Bonchev–Trinajstić information content (AvgIpc) is 2.53. The van der Waals surface area contributed by atoms with Crippen LogP contribution >= 0.6 is 0 Å². The van der Waals surface area contributed by atoms with E-state index in [1.807, 2.05) is 50.2 Å². The van der Waals surface area contributed by atoms with Crippen LogP contribution in [0.2, 0.25) is 0 Å². The van der Waals surface area contributed by atoms with Crippen molar-refractivity contribution in [3.8, 4) is 5.75 Å². The fourth-order valence-corrected chi connectivity index (χ4v) is 2.46. The number of rotatable bonds is 5. The van der Waals surface area contributed by atoms with Crippen LogP contribution in [0, 0.1) is 5.41 Å². The molecular formula is C18H21NO3. The van der Waals surface area contributed by atoms with Gasteiger partial charge >= 0.3 is 5.97 Å². The van der Waals surface area contributed by atoms with Gasteiger partial charge in [0.2, 0.25) is 0 Å². The maximum absolute atomic E-state index is 12.2. The predicted molar refractivity (Wildman–Crippen MR) is 86.7 cm³/mol. The Morgan fingerprint density at radius 1 is 1.09 bits per heavy atom. The molecule has 0 fully saturated rings. The second-order valence-corrected chi connectivity index (χ2v) is 5.72. The summed E-state index contributed by atoms with van der Waals surface area (Å²) in [5.41, 5.74) is 0.716. The standard InChI is InChI=1S/C18H21NO3/c1-18(2,17(21)22-3)16(13-9-5-4-6-10-13)19-14-11-7-8-12-15(14)20/h4-12,16,19-20H,1-3H3/t16-/m0/s1. The zero-order valence-electron chi connectivity index (χ0n) is 13.0. The highest BCUT2D eigenvalue weighted by molar-refractivity contribution is 5.78. The van der Waals surface area contributed by atoms with Gasteiger partial charge in [-0.15, -0.1) is 0 Å². The van der Waals surface area contributed by atoms with E-state index < -0.39 is 5.41 Å². The van der Waals surface area contributed by atoms with Crippen molar-refractivity contribution in [2.75, 3.05) is 12.4 Å². The van der Waals surface area contributed by atoms with E-state index in [9.17, 15) is 9.90 Å². The molecule has 2 aromatic carbocycles. The highest BCUT2D eigenvalue weighted by Crippen LogP contribution is 2.39. The third kappa shape index (κ3) is 3.22. The van der Waals surface area contributed by atoms with Crippen LogP contribution in [0.4, 0.5) is 5.69 Å². The van der Waals surface area contributed by atoms with Crippen molar-refractivity contribution in [2.24, 2.45) is 5.41 Å². The predicted octanol–water partition coefficient (Wildman–Crippen LogP) is 3.74. The number of phenols is 1. The quantitative estimate of drug-likeness (QED) is 0.652. The fourth-order valence-electron chi connectivity index (χ4n) is 2.46. The molecule has 0 bridgehead atoms. The lowest BCUT2D eigenvalue weighted by Gasteiger charge is -2.33. The average molecular weight is 299 g/mol. The molecule has 0 unspecified atom stereocenters. The lowest BCUT2D eigenvalue weighted by Crippen LogP contribution is -2.36. The van der Waals surface area contributed by atoms with Crippen molar-refractivity contribution in [1.82, 2.24) is 0 Å². The third-order valence-electron chi connectivity index (χ3n) is 3.77. The number of phenolic OH excluding ortho intramolecular Hbond substituents is 1. The number of hydrogen-bond acceptors (Lipinski definition) is 4. The Kier molecular flexibility index (Phi) is 4.71. The third-order valence-corrected chi connectivity index (χ3v) is 3.77. The van der Waals surface area contributed by atoms with Gasteiger partial charge < -0.3 is 15.2 Å². The van der Waals surface area contributed by atoms with Crippen LogP contribution in [0.15, 0.2) is 54.6 Å². The van der Waals surface area contributed by atoms with Gasteiger partial charge in [-0.3, -0.25) is 4.79 Å². The molecule has 2 rings (SSSR count). The molecule has 0 saturated heterocycles. The highest BCUT2D eigenvalue weighted by atomic mass is 16.5. The number of hydrogen-bond donors (Lipinski definition) is 2. The lowest BCUT2D eigenvalue weighted by atomic mass is 9.80. The van der Waals surface area contributed by atoms with Gasteiger partial charge in [0, 0.05) is 0 Å². The number of anilines is 1. The van der Waals surface area contributed by atoms with Crippen LogP contribution in [0.3, 0.4) is 0 Å². The van der Waals surface area contributed by atoms with Gasteiger partial charge in [0.1, 0.15) is 5.75 Å². The monoisotopic (exact) mass is 299 g/mol. The number of esters is 1. The topological polar surface area (TPSA) is 58.6 Å². The summed E-state index contributed by atoms with van der Waals surface area (Å²) in [7, 11) is 1.38. The number of nitrogens with one attached hydrogen (secondary N) is 1. The van der Waals surface area contributed by atoms with Crippen molar-refractivity contribution >= 4 is 11.7 Å². The molecular weight excluding hydrogens is 278 g/mol. The zero-order valence-corrected chi connectivity index (χ0v) is 13.0. The van der Waals surface area contributed by atoms with Gasteiger partial charge in [-0.25, -0.2) is 0 Å². The summed E-state index contributed by atoms with van der Waals surface area (Å²) in [6, 6.07) is 16.3. The number of aromatic hydroxyl groups is 1. The minimum Gasteiger partial charge on any atom is -0.506 e. The summed E-state index contributed by atoms with van der Waals surface area (Å²) in [6.45, 7) is 3.65. The van der Waals surface area contributed by atoms with Crippen LogP contribution in [0.1, 0.15) is 25.5 Å². The Balaban J connectivity index is 2.43. The van der Waals surface area contributed by atoms with Crippen molar-refractivity contribution < 1.29 is 14.6 Å². The van der Waals surface area contributed by atoms with Crippen LogP contribution in [0.5, 0.6) is 5.75 Å². The largest absolute Gasteiger partial charge is 0.506 e. The molecule has 116 valence electrons. The van der Waals surface area contributed by atoms with E-state index in [0.717, 1.165) is 5.56 Å². The van der Waals surface area contributed by atoms with Crippen molar-refractivity contribution in [3.05, 3.63) is 60.2 Å². The van der Waals surface area contributed by atoms with E-state index in [1.165, 1.54) is 7.11 Å². The smallest absolute Gasteiger partial charge is 0.313 e. The molecule has 0 aliphatic heterocycles. The summed E-state index contributed by atoms with van der Waals surface area (Å²) >= 11 is 0. The van der Waals surface area contributed by atoms with Gasteiger partial charge in [-0.1, -0.05) is 42.5 Å². The molecule has 22 heavy (non-hydrogen) atoms. The van der Waals surface area contributed by atoms with Gasteiger partial charge in [0.05, 0.1) is 24.3 Å². The first-order valence-corrected chi connectivity index (χ1v) is 7.14. The summed E-state index contributed by atoms with van der Waals surface area (Å²) in [5, 5.41) is 13.3. The molecule has 0 aromatic heterocycles. The first-order chi connectivity index (χ1) is 10.5. The number of methoxy groups -OCH3 is 1. The molecule has 0 radical (unpaired) electrons. The number of carbonyl (C=O) groups excluding carboxylic acids is 1. The SMILES string of the molecule is COC(=O)C(C)(C)[C@@H](Nc1ccccc1O)c1ccccc1. The van der Waals surface area contributed by atoms with Crippen LogP contribution < -0.4 is 5.32 Å². The molecule has 0 aliphatic carbocycles. The number of benzene rings is 2. The summed E-state index contributed by atoms with van der Waals surface area (Å²) in [6.07, 6.45) is 0. The second kappa shape index (κ2) is 6.52. The summed E-state index contributed by atoms with van der Waals surface area (Å²) in [4.78, 5) is 12.2. The minimum atomic E-state index is -0.807. The first kappa shape index (κ1) is 15.9. The zero-order chi connectivity index (χ0) is 16.2. The Labute approximate surface area is 130 Å². The molecule has 4 nitrogen and oxygen atoms in total. The van der Waals surface area contributed by atoms with Gasteiger partial charge in [0.15, 0.2) is 0 Å². The molecule has 4 heteroatoms. The normalized spacial score (nSPS) is 12.5. The fraction of sp³-hybridized carbons (Fsp3) is 0.278. The maximum atomic E-state index is 12.2. The van der Waals surface area contributed by atoms with Crippen molar-refractivity contribution in [3.63, 3.8) is 0 Å². The molecule has 0 amide bonds. The summed E-state index contributed by atoms with van der Waals surface area (Å²) < 4.78 is 4.94. The van der Waals surface area contributed by atoms with Crippen molar-refractivity contribution in [1.29, 1.82) is 0 Å².